The average molecular weight is 380 g/mol. The highest BCUT2D eigenvalue weighted by atomic mass is 35.5. The second-order valence-electron chi connectivity index (χ2n) is 5.90. The Balaban J connectivity index is 0.00000225. The van der Waals surface area contributed by atoms with Gasteiger partial charge in [0.25, 0.3) is 5.91 Å². The summed E-state index contributed by atoms with van der Waals surface area (Å²) < 4.78 is 5.25. The Morgan fingerprint density at radius 2 is 2.20 bits per heavy atom. The van der Waals surface area contributed by atoms with E-state index in [-0.39, 0.29) is 23.9 Å². The summed E-state index contributed by atoms with van der Waals surface area (Å²) in [5.41, 5.74) is 7.47. The molecule has 2 N–H and O–H groups in total. The van der Waals surface area contributed by atoms with Crippen molar-refractivity contribution >= 4 is 40.9 Å². The molecule has 0 radical (unpaired) electrons. The Labute approximate surface area is 158 Å². The van der Waals surface area contributed by atoms with Crippen LogP contribution in [0.3, 0.4) is 0 Å². The topological polar surface area (TPSA) is 71.8 Å². The van der Waals surface area contributed by atoms with E-state index in [2.05, 4.69) is 11.9 Å². The Hall–Kier alpha value is -1.92. The van der Waals surface area contributed by atoms with Crippen molar-refractivity contribution in [3.8, 4) is 0 Å². The van der Waals surface area contributed by atoms with Gasteiger partial charge in [0.2, 0.25) is 0 Å². The van der Waals surface area contributed by atoms with E-state index >= 15 is 0 Å². The van der Waals surface area contributed by atoms with Gasteiger partial charge in [0, 0.05) is 18.0 Å². The summed E-state index contributed by atoms with van der Waals surface area (Å²) >= 11 is 1.58. The molecule has 5 nitrogen and oxygen atoms in total. The zero-order valence-corrected chi connectivity index (χ0v) is 15.9. The Morgan fingerprint density at radius 1 is 1.40 bits per heavy atom. The van der Waals surface area contributed by atoms with Gasteiger partial charge in [-0.2, -0.15) is 0 Å². The Kier molecular flexibility index (Phi) is 6.19. The van der Waals surface area contributed by atoms with Crippen molar-refractivity contribution in [1.82, 2.24) is 0 Å². The van der Waals surface area contributed by atoms with Crippen molar-refractivity contribution in [3.63, 3.8) is 0 Å². The van der Waals surface area contributed by atoms with Crippen LogP contribution in [0.1, 0.15) is 36.4 Å². The molecule has 0 saturated carbocycles. The summed E-state index contributed by atoms with van der Waals surface area (Å²) in [7, 11) is 0. The van der Waals surface area contributed by atoms with Crippen molar-refractivity contribution in [3.05, 3.63) is 54.0 Å². The third-order valence-electron chi connectivity index (χ3n) is 4.27. The van der Waals surface area contributed by atoms with Gasteiger partial charge in [0.1, 0.15) is 0 Å². The number of aliphatic imine (C=N–C) groups is 1. The number of rotatable bonds is 4. The van der Waals surface area contributed by atoms with E-state index in [4.69, 9.17) is 10.2 Å². The van der Waals surface area contributed by atoms with E-state index in [0.29, 0.717) is 17.5 Å². The minimum Gasteiger partial charge on any atom is -0.459 e. The quantitative estimate of drug-likeness (QED) is 0.870. The molecule has 2 aromatic rings. The van der Waals surface area contributed by atoms with Gasteiger partial charge in [-0.1, -0.05) is 23.9 Å². The van der Waals surface area contributed by atoms with E-state index in [9.17, 15) is 4.79 Å². The molecule has 1 atom stereocenters. The molecule has 1 aromatic heterocycles. The fraction of sp³-hybridized carbons (Fsp3) is 0.333. The molecule has 1 aliphatic heterocycles. The molecule has 1 amide bonds. The Bertz CT molecular complexity index is 763. The minimum absolute atomic E-state index is 0. The lowest BCUT2D eigenvalue weighted by Crippen LogP contribution is -2.32. The van der Waals surface area contributed by atoms with Crippen molar-refractivity contribution in [2.75, 3.05) is 17.2 Å². The van der Waals surface area contributed by atoms with Crippen molar-refractivity contribution in [2.45, 2.75) is 25.8 Å². The molecule has 7 heteroatoms. The molecule has 0 aliphatic carbocycles. The zero-order valence-electron chi connectivity index (χ0n) is 14.3. The predicted octanol–water partition coefficient (Wildman–Crippen LogP) is 4.03. The van der Waals surface area contributed by atoms with Crippen LogP contribution in [0, 0.1) is 0 Å². The molecule has 1 aromatic carbocycles. The lowest BCUT2D eigenvalue weighted by Gasteiger charge is -2.31. The van der Waals surface area contributed by atoms with Crippen LogP contribution in [-0.4, -0.2) is 23.4 Å². The number of furan rings is 1. The number of anilines is 1. The normalized spacial score (nSPS) is 19.7. The average Bonchev–Trinajstić information content (AvgIpc) is 3.10. The van der Waals surface area contributed by atoms with Gasteiger partial charge in [-0.3, -0.25) is 9.79 Å². The highest BCUT2D eigenvalue weighted by molar-refractivity contribution is 8.13. The van der Waals surface area contributed by atoms with Crippen molar-refractivity contribution < 1.29 is 9.21 Å². The molecule has 0 saturated heterocycles. The van der Waals surface area contributed by atoms with Gasteiger partial charge in [-0.25, -0.2) is 0 Å². The third kappa shape index (κ3) is 4.02. The number of hydrogen-bond acceptors (Lipinski definition) is 5. The number of hydrogen-bond donors (Lipinski definition) is 1. The smallest absolute Gasteiger partial charge is 0.293 e. The molecule has 3 rings (SSSR count). The molecular formula is C18H22ClN3O2S. The van der Waals surface area contributed by atoms with E-state index in [0.717, 1.165) is 23.4 Å². The summed E-state index contributed by atoms with van der Waals surface area (Å²) in [6.45, 7) is 4.59. The first-order valence-corrected chi connectivity index (χ1v) is 8.96. The zero-order chi connectivity index (χ0) is 17.2. The van der Waals surface area contributed by atoms with Crippen LogP contribution in [0.4, 0.5) is 5.69 Å². The maximum absolute atomic E-state index is 12.6. The summed E-state index contributed by atoms with van der Waals surface area (Å²) in [4.78, 5) is 19.0. The van der Waals surface area contributed by atoms with Crippen molar-refractivity contribution in [1.29, 1.82) is 0 Å². The lowest BCUT2D eigenvalue weighted by atomic mass is 9.89. The number of amides is 1. The maximum Gasteiger partial charge on any atom is 0.293 e. The van der Waals surface area contributed by atoms with Crippen LogP contribution >= 0.6 is 24.2 Å². The third-order valence-corrected chi connectivity index (χ3v) is 5.06. The first kappa shape index (κ1) is 19.4. The van der Waals surface area contributed by atoms with Crippen LogP contribution in [-0.2, 0) is 5.54 Å². The first-order chi connectivity index (χ1) is 11.5. The van der Waals surface area contributed by atoms with Crippen LogP contribution < -0.4 is 10.6 Å². The van der Waals surface area contributed by atoms with Crippen LogP contribution in [0.5, 0.6) is 0 Å². The van der Waals surface area contributed by atoms with E-state index in [1.165, 1.54) is 6.26 Å². The number of halogens is 1. The second-order valence-corrected chi connectivity index (χ2v) is 7.01. The van der Waals surface area contributed by atoms with Gasteiger partial charge >= 0.3 is 0 Å². The number of amidine groups is 1. The summed E-state index contributed by atoms with van der Waals surface area (Å²) in [5.74, 6) is 1.13. The fourth-order valence-corrected chi connectivity index (χ4v) is 3.85. The fourth-order valence-electron chi connectivity index (χ4n) is 2.88. The Morgan fingerprint density at radius 3 is 2.84 bits per heavy atom. The van der Waals surface area contributed by atoms with Crippen molar-refractivity contribution in [2.24, 2.45) is 10.7 Å². The molecule has 134 valence electrons. The summed E-state index contributed by atoms with van der Waals surface area (Å²) in [6, 6.07) is 11.4. The molecule has 25 heavy (non-hydrogen) atoms. The SMILES string of the molecule is CCN(C(=O)c1ccco1)c1cccc(C2(C)CCSC(N)=N2)c1.Cl. The molecule has 1 unspecified atom stereocenters. The summed E-state index contributed by atoms with van der Waals surface area (Å²) in [5, 5.41) is 0.619. The number of thioether (sulfide) groups is 1. The number of benzene rings is 1. The number of nitrogens with two attached hydrogens (primary N) is 1. The lowest BCUT2D eigenvalue weighted by molar-refractivity contribution is 0.0961. The standard InChI is InChI=1S/C18H21N3O2S.ClH/c1-3-21(16(22)15-8-5-10-23-15)14-7-4-6-13(12-14)18(2)9-11-24-17(19)20-18;/h4-8,10,12H,3,9,11H2,1-2H3,(H2,19,20);1H. The summed E-state index contributed by atoms with van der Waals surface area (Å²) in [6.07, 6.45) is 2.43. The largest absolute Gasteiger partial charge is 0.459 e. The van der Waals surface area contributed by atoms with E-state index in [1.807, 2.05) is 31.2 Å². The van der Waals surface area contributed by atoms with Gasteiger partial charge < -0.3 is 15.1 Å². The number of carbonyl (C=O) groups is 1. The molecule has 0 spiro atoms. The van der Waals surface area contributed by atoms with E-state index in [1.54, 1.807) is 28.8 Å². The van der Waals surface area contributed by atoms with Crippen LogP contribution in [0.15, 0.2) is 52.1 Å². The highest BCUT2D eigenvalue weighted by Crippen LogP contribution is 2.36. The molecule has 2 heterocycles. The molecule has 0 bridgehead atoms. The molecule has 0 fully saturated rings. The monoisotopic (exact) mass is 379 g/mol. The van der Waals surface area contributed by atoms with E-state index < -0.39 is 0 Å². The van der Waals surface area contributed by atoms with Gasteiger partial charge in [-0.05, 0) is 50.1 Å². The van der Waals surface area contributed by atoms with Crippen LogP contribution in [0.2, 0.25) is 0 Å². The van der Waals surface area contributed by atoms with Gasteiger partial charge in [-0.15, -0.1) is 12.4 Å². The number of nitrogens with zero attached hydrogens (tertiary/aromatic N) is 2. The first-order valence-electron chi connectivity index (χ1n) is 7.97. The van der Waals surface area contributed by atoms with Gasteiger partial charge in [0.15, 0.2) is 10.9 Å². The van der Waals surface area contributed by atoms with Crippen LogP contribution in [0.25, 0.3) is 0 Å². The van der Waals surface area contributed by atoms with Gasteiger partial charge in [0.05, 0.1) is 11.8 Å². The highest BCUT2D eigenvalue weighted by Gasteiger charge is 2.30. The maximum atomic E-state index is 12.6. The molecule has 1 aliphatic rings. The second kappa shape index (κ2) is 7.97. The minimum atomic E-state index is -0.349. The predicted molar refractivity (Wildman–Crippen MR) is 106 cm³/mol. The number of carbonyl (C=O) groups excluding carboxylic acids is 1. The molecular weight excluding hydrogens is 358 g/mol.